The zero-order valence-electron chi connectivity index (χ0n) is 51.4. The first-order valence-electron chi connectivity index (χ1n) is 31.1. The molecule has 0 heteroatoms. The largest absolute Gasteiger partial charge is 0.0629 e. The Morgan fingerprint density at radius 3 is 0.863 bits per heavy atom. The van der Waals surface area contributed by atoms with E-state index in [1.54, 1.807) is 0 Å². The number of hydrogen-bond donors (Lipinski definition) is 0. The van der Waals surface area contributed by atoms with Crippen LogP contribution < -0.4 is 0 Å². The van der Waals surface area contributed by atoms with Crippen molar-refractivity contribution in [3.8, 4) is 66.8 Å². The van der Waals surface area contributed by atoms with Crippen LogP contribution in [0.15, 0.2) is 315 Å². The molecule has 0 saturated carbocycles. The zero-order valence-corrected chi connectivity index (χ0v) is 43.4. The molecule has 0 heterocycles. The molecule has 0 nitrogen and oxygen atoms in total. The van der Waals surface area contributed by atoms with Gasteiger partial charge in [-0.3, -0.25) is 0 Å². The van der Waals surface area contributed by atoms with Crippen LogP contribution in [0.3, 0.4) is 0 Å². The molecule has 0 fully saturated rings. The van der Waals surface area contributed by atoms with E-state index in [2.05, 4.69) is 182 Å². The van der Waals surface area contributed by atoms with Gasteiger partial charge in [0.25, 0.3) is 0 Å². The predicted molar refractivity (Wildman–Crippen MR) is 346 cm³/mol. The van der Waals surface area contributed by atoms with Gasteiger partial charge >= 0.3 is 0 Å². The van der Waals surface area contributed by atoms with Gasteiger partial charge in [-0.15, -0.1) is 0 Å². The van der Waals surface area contributed by atoms with E-state index in [0.29, 0.717) is 22.3 Å². The summed E-state index contributed by atoms with van der Waals surface area (Å²) in [5.74, 6) is 0. The molecule has 16 aromatic carbocycles. The predicted octanol–water partition coefficient (Wildman–Crippen LogP) is 22.6. The van der Waals surface area contributed by atoms with Crippen molar-refractivity contribution in [2.24, 2.45) is 0 Å². The minimum absolute atomic E-state index is 0.208. The Balaban J connectivity index is 0.000000150. The maximum absolute atomic E-state index is 9.21. The fraction of sp³-hybridized carbons (Fsp3) is 0. The molecule has 0 atom stereocenters. The number of benzene rings is 16. The van der Waals surface area contributed by atoms with Crippen LogP contribution in [-0.4, -0.2) is 0 Å². The SMILES string of the molecule is [2H]c1c([2H])c([2H])c2c(-c3cccc4ccccc34)c3c([2H])c([2H])c([2H])c([2H])c3c(-c3ccc(-c4ccc5ccccc5c4)cc3)c2c1[2H].c1ccc2cc(-c3ccc(-c4c5ccccc5c(-c5cccc6ccccc56)c5ccccc45)cc3)ccc2c1. The van der Waals surface area contributed by atoms with E-state index in [0.717, 1.165) is 32.7 Å². The van der Waals surface area contributed by atoms with Crippen molar-refractivity contribution in [2.45, 2.75) is 0 Å². The molecule has 0 aliphatic carbocycles. The number of fused-ring (bicyclic) bond motifs is 8. The molecule has 0 aromatic heterocycles. The fourth-order valence-electron chi connectivity index (χ4n) is 12.2. The summed E-state index contributed by atoms with van der Waals surface area (Å²) in [6.45, 7) is 0. The molecule has 0 spiro atoms. The van der Waals surface area contributed by atoms with E-state index >= 15 is 0 Å². The minimum atomic E-state index is -0.411. The lowest BCUT2D eigenvalue weighted by molar-refractivity contribution is 1.63. The molecule has 80 heavy (non-hydrogen) atoms. The van der Waals surface area contributed by atoms with Crippen molar-refractivity contribution in [2.75, 3.05) is 0 Å². The van der Waals surface area contributed by atoms with Gasteiger partial charge in [0.2, 0.25) is 0 Å². The molecule has 0 saturated heterocycles. The van der Waals surface area contributed by atoms with E-state index in [1.165, 1.54) is 76.5 Å². The summed E-state index contributed by atoms with van der Waals surface area (Å²) in [6, 6.07) is 90.0. The highest BCUT2D eigenvalue weighted by atomic mass is 14.2. The molecule has 0 aliphatic rings. The second-order valence-electron chi connectivity index (χ2n) is 20.4. The summed E-state index contributed by atoms with van der Waals surface area (Å²) < 4.78 is 71.5. The van der Waals surface area contributed by atoms with Gasteiger partial charge < -0.3 is 0 Å². The second-order valence-corrected chi connectivity index (χ2v) is 20.4. The van der Waals surface area contributed by atoms with Crippen molar-refractivity contribution in [3.63, 3.8) is 0 Å². The molecule has 0 N–H and O–H groups in total. The van der Waals surface area contributed by atoms with Gasteiger partial charge in [0.15, 0.2) is 0 Å². The summed E-state index contributed by atoms with van der Waals surface area (Å²) in [6.07, 6.45) is 0. The molecule has 16 aromatic rings. The summed E-state index contributed by atoms with van der Waals surface area (Å²) in [5.41, 5.74) is 11.4. The normalized spacial score (nSPS) is 12.9. The lowest BCUT2D eigenvalue weighted by Gasteiger charge is -2.19. The smallest absolute Gasteiger partial charge is 0.0616 e. The lowest BCUT2D eigenvalue weighted by atomic mass is 9.84. The molecule has 0 unspecified atom stereocenters. The van der Waals surface area contributed by atoms with Crippen LogP contribution in [0.5, 0.6) is 0 Å². The van der Waals surface area contributed by atoms with Crippen LogP contribution in [0.4, 0.5) is 0 Å². The first-order chi connectivity index (χ1) is 43.0. The second kappa shape index (κ2) is 19.9. The van der Waals surface area contributed by atoms with Crippen molar-refractivity contribution in [1.82, 2.24) is 0 Å². The lowest BCUT2D eigenvalue weighted by Crippen LogP contribution is -1.91. The third-order valence-electron chi connectivity index (χ3n) is 15.9. The van der Waals surface area contributed by atoms with Crippen molar-refractivity contribution < 1.29 is 11.0 Å². The van der Waals surface area contributed by atoms with Gasteiger partial charge in [0, 0.05) is 0 Å². The van der Waals surface area contributed by atoms with Gasteiger partial charge in [-0.05, 0) is 165 Å². The van der Waals surface area contributed by atoms with Crippen molar-refractivity contribution >= 4 is 86.2 Å². The summed E-state index contributed by atoms with van der Waals surface area (Å²) in [4.78, 5) is 0. The Bertz CT molecular complexity index is 5390. The highest BCUT2D eigenvalue weighted by Gasteiger charge is 2.20. The Morgan fingerprint density at radius 2 is 0.450 bits per heavy atom. The Morgan fingerprint density at radius 1 is 0.175 bits per heavy atom. The van der Waals surface area contributed by atoms with Gasteiger partial charge in [-0.25, -0.2) is 0 Å². The molecule has 0 aliphatic heterocycles. The van der Waals surface area contributed by atoms with Gasteiger partial charge in [0.1, 0.15) is 0 Å². The van der Waals surface area contributed by atoms with Crippen molar-refractivity contribution in [3.05, 3.63) is 315 Å². The van der Waals surface area contributed by atoms with Gasteiger partial charge in [-0.2, -0.15) is 0 Å². The summed E-state index contributed by atoms with van der Waals surface area (Å²) >= 11 is 0. The van der Waals surface area contributed by atoms with E-state index in [4.69, 9.17) is 5.48 Å². The minimum Gasteiger partial charge on any atom is -0.0616 e. The van der Waals surface area contributed by atoms with Crippen LogP contribution >= 0.6 is 0 Å². The van der Waals surface area contributed by atoms with E-state index in [-0.39, 0.29) is 45.7 Å². The van der Waals surface area contributed by atoms with Crippen LogP contribution in [0.2, 0.25) is 0 Å². The summed E-state index contributed by atoms with van der Waals surface area (Å²) in [7, 11) is 0. The zero-order chi connectivity index (χ0) is 59.9. The molecule has 0 bridgehead atoms. The van der Waals surface area contributed by atoms with Crippen LogP contribution in [0.25, 0.3) is 153 Å². The summed E-state index contributed by atoms with van der Waals surface area (Å²) in [5, 5.41) is 15.0. The average molecular weight is 1020 g/mol. The number of rotatable bonds is 6. The van der Waals surface area contributed by atoms with Crippen LogP contribution in [0, 0.1) is 0 Å². The highest BCUT2D eigenvalue weighted by molar-refractivity contribution is 6.25. The quantitative estimate of drug-likeness (QED) is 0.146. The Kier molecular flexibility index (Phi) is 9.70. The fourth-order valence-corrected chi connectivity index (χ4v) is 12.2. The van der Waals surface area contributed by atoms with Crippen LogP contribution in [-0.2, 0) is 0 Å². The monoisotopic (exact) mass is 1020 g/mol. The third kappa shape index (κ3) is 8.17. The van der Waals surface area contributed by atoms with E-state index < -0.39 is 24.2 Å². The molecule has 372 valence electrons. The average Bonchev–Trinajstić information content (AvgIpc) is 0.736. The maximum atomic E-state index is 9.21. The first-order valence-corrected chi connectivity index (χ1v) is 27.1. The molecule has 0 amide bonds. The molecular weight excluding hydrogens is 961 g/mol. The molecule has 0 radical (unpaired) electrons. The third-order valence-corrected chi connectivity index (χ3v) is 15.9. The van der Waals surface area contributed by atoms with Gasteiger partial charge in [-0.1, -0.05) is 303 Å². The first kappa shape index (κ1) is 39.0. The van der Waals surface area contributed by atoms with E-state index in [1.807, 2.05) is 84.9 Å². The van der Waals surface area contributed by atoms with Crippen LogP contribution in [0.1, 0.15) is 11.0 Å². The Hall–Kier alpha value is -10.4. The van der Waals surface area contributed by atoms with Crippen molar-refractivity contribution in [1.29, 1.82) is 0 Å². The van der Waals surface area contributed by atoms with Gasteiger partial charge in [0.05, 0.1) is 11.0 Å². The molecule has 16 rings (SSSR count). The Labute approximate surface area is 477 Å². The molecular formula is C80H52. The standard InChI is InChI=1S/2C40H26/c2*1-2-12-31-26-32(25-22-27(31)10-1)28-20-23-30(24-21-28)39-35-15-5-7-17-37(35)40(38-18-8-6-16-36(38)39)34-19-9-13-29-11-3-4-14-33(29)34/h2*1-26H/i5D,6D,7D,8D,15D,16D,17D,18D;. The maximum Gasteiger partial charge on any atom is 0.0629 e. The topological polar surface area (TPSA) is 0 Å². The highest BCUT2D eigenvalue weighted by Crippen LogP contribution is 2.47. The van der Waals surface area contributed by atoms with E-state index in [9.17, 15) is 5.48 Å². The number of hydrogen-bond acceptors (Lipinski definition) is 0.